The first-order chi connectivity index (χ1) is 17.2. The second-order valence-corrected chi connectivity index (χ2v) is 9.35. The molecule has 2 aromatic carbocycles. The number of benzene rings is 2. The van der Waals surface area contributed by atoms with Gasteiger partial charge < -0.3 is 15.0 Å². The fourth-order valence-electron chi connectivity index (χ4n) is 5.01. The molecular formula is C26H29N7O2. The second-order valence-electron chi connectivity index (χ2n) is 9.35. The topological polar surface area (TPSA) is 101 Å². The normalized spacial score (nSPS) is 17.2. The molecule has 0 aliphatic carbocycles. The Labute approximate surface area is 203 Å². The molecule has 9 nitrogen and oxygen atoms in total. The van der Waals surface area contributed by atoms with Crippen molar-refractivity contribution in [2.75, 3.05) is 39.4 Å². The fourth-order valence-corrected chi connectivity index (χ4v) is 5.01. The molecule has 180 valence electrons. The lowest BCUT2D eigenvalue weighted by atomic mass is 9.90. The molecule has 0 radical (unpaired) electrons. The highest BCUT2D eigenvalue weighted by Crippen LogP contribution is 2.28. The maximum Gasteiger partial charge on any atom is 0.254 e. The predicted octanol–water partition coefficient (Wildman–Crippen LogP) is 2.83. The zero-order valence-electron chi connectivity index (χ0n) is 19.6. The largest absolute Gasteiger partial charge is 0.378 e. The van der Waals surface area contributed by atoms with E-state index in [1.807, 2.05) is 35.4 Å². The number of aromatic nitrogens is 5. The van der Waals surface area contributed by atoms with Crippen molar-refractivity contribution in [3.05, 3.63) is 59.8 Å². The van der Waals surface area contributed by atoms with E-state index in [2.05, 4.69) is 44.0 Å². The van der Waals surface area contributed by atoms with E-state index in [-0.39, 0.29) is 5.91 Å². The van der Waals surface area contributed by atoms with Gasteiger partial charge in [0.1, 0.15) is 11.4 Å². The summed E-state index contributed by atoms with van der Waals surface area (Å²) in [7, 11) is 0. The number of nitrogens with zero attached hydrogens (tertiary/aromatic N) is 5. The molecule has 2 N–H and O–H groups in total. The van der Waals surface area contributed by atoms with Crippen molar-refractivity contribution in [1.29, 1.82) is 0 Å². The number of ether oxygens (including phenoxy) is 1. The molecule has 2 saturated heterocycles. The van der Waals surface area contributed by atoms with Gasteiger partial charge in [-0.1, -0.05) is 11.3 Å². The van der Waals surface area contributed by atoms with Gasteiger partial charge in [0.05, 0.1) is 30.6 Å². The van der Waals surface area contributed by atoms with Crippen LogP contribution >= 0.6 is 0 Å². The average Bonchev–Trinajstić information content (AvgIpc) is 3.57. The quantitative estimate of drug-likeness (QED) is 0.464. The van der Waals surface area contributed by atoms with Gasteiger partial charge in [-0.25, -0.2) is 4.68 Å². The molecule has 0 atom stereocenters. The van der Waals surface area contributed by atoms with Crippen LogP contribution in [0, 0.1) is 5.92 Å². The summed E-state index contributed by atoms with van der Waals surface area (Å²) in [5, 5.41) is 20.9. The van der Waals surface area contributed by atoms with Gasteiger partial charge >= 0.3 is 0 Å². The number of amides is 1. The monoisotopic (exact) mass is 471 g/mol. The molecule has 6 rings (SSSR count). The molecule has 2 aliphatic heterocycles. The highest BCUT2D eigenvalue weighted by atomic mass is 16.5. The number of H-pyrrole nitrogens is 1. The van der Waals surface area contributed by atoms with Crippen molar-refractivity contribution < 1.29 is 9.53 Å². The third kappa shape index (κ3) is 4.56. The van der Waals surface area contributed by atoms with Crippen LogP contribution in [0.5, 0.6) is 0 Å². The lowest BCUT2D eigenvalue weighted by molar-refractivity contribution is 0.0303. The van der Waals surface area contributed by atoms with Crippen molar-refractivity contribution in [3.63, 3.8) is 0 Å². The Hall–Kier alpha value is -3.56. The summed E-state index contributed by atoms with van der Waals surface area (Å²) in [4.78, 5) is 14.5. The fraction of sp³-hybridized carbons (Fsp3) is 0.385. The van der Waals surface area contributed by atoms with E-state index in [0.29, 0.717) is 37.6 Å². The van der Waals surface area contributed by atoms with Gasteiger partial charge in [-0.2, -0.15) is 5.10 Å². The summed E-state index contributed by atoms with van der Waals surface area (Å²) in [6.07, 6.45) is 5.42. The molecule has 1 amide bonds. The number of rotatable bonds is 5. The van der Waals surface area contributed by atoms with Gasteiger partial charge in [-0.15, -0.1) is 5.10 Å². The summed E-state index contributed by atoms with van der Waals surface area (Å²) >= 11 is 0. The van der Waals surface area contributed by atoms with E-state index < -0.39 is 0 Å². The molecular weight excluding hydrogens is 442 g/mol. The van der Waals surface area contributed by atoms with Crippen LogP contribution in [0.3, 0.4) is 0 Å². The molecule has 4 aromatic rings. The Balaban J connectivity index is 1.21. The molecule has 2 aliphatic rings. The number of carbonyl (C=O) groups is 1. The van der Waals surface area contributed by atoms with E-state index in [1.54, 1.807) is 4.68 Å². The van der Waals surface area contributed by atoms with Gasteiger partial charge in [0.2, 0.25) is 0 Å². The smallest absolute Gasteiger partial charge is 0.254 e. The van der Waals surface area contributed by atoms with Crippen LogP contribution in [0.1, 0.15) is 28.8 Å². The number of piperidine rings is 1. The van der Waals surface area contributed by atoms with Crippen LogP contribution in [-0.2, 0) is 11.2 Å². The van der Waals surface area contributed by atoms with Gasteiger partial charge in [0, 0.05) is 24.0 Å². The number of hydrogen-bond donors (Lipinski definition) is 2. The average molecular weight is 472 g/mol. The Kier molecular flexibility index (Phi) is 6.01. The lowest BCUT2D eigenvalue weighted by Crippen LogP contribution is -2.40. The zero-order chi connectivity index (χ0) is 23.6. The molecule has 35 heavy (non-hydrogen) atoms. The third-order valence-corrected chi connectivity index (χ3v) is 7.02. The Morgan fingerprint density at radius 3 is 2.66 bits per heavy atom. The van der Waals surface area contributed by atoms with E-state index in [0.717, 1.165) is 47.7 Å². The molecule has 0 bridgehead atoms. The van der Waals surface area contributed by atoms with E-state index >= 15 is 0 Å². The van der Waals surface area contributed by atoms with Crippen LogP contribution in [0.2, 0.25) is 0 Å². The van der Waals surface area contributed by atoms with Gasteiger partial charge in [-0.3, -0.25) is 9.89 Å². The molecule has 0 unspecified atom stereocenters. The van der Waals surface area contributed by atoms with E-state index in [1.165, 1.54) is 18.4 Å². The Bertz CT molecular complexity index is 1320. The highest BCUT2D eigenvalue weighted by Gasteiger charge is 2.19. The van der Waals surface area contributed by atoms with Crippen molar-refractivity contribution in [2.24, 2.45) is 5.92 Å². The molecule has 0 saturated carbocycles. The Morgan fingerprint density at radius 1 is 1.06 bits per heavy atom. The van der Waals surface area contributed by atoms with Gasteiger partial charge in [-0.05, 0) is 80.2 Å². The minimum atomic E-state index is 0.0300. The van der Waals surface area contributed by atoms with Crippen LogP contribution in [0.4, 0.5) is 0 Å². The standard InChI is InChI=1S/C26H29N7O2/c34-26(32-11-13-35-14-12-32)20-2-4-21(5-3-20)33-17-24(29-31-33)25-22-16-19(1-6-23(22)28-30-25)15-18-7-9-27-10-8-18/h1-6,16-18,27H,7-15H2,(H,28,30). The third-order valence-electron chi connectivity index (χ3n) is 7.02. The molecule has 4 heterocycles. The maximum atomic E-state index is 12.7. The van der Waals surface area contributed by atoms with Crippen LogP contribution in [0.25, 0.3) is 28.0 Å². The number of hydrogen-bond acceptors (Lipinski definition) is 6. The van der Waals surface area contributed by atoms with Crippen LogP contribution in [0.15, 0.2) is 48.7 Å². The second kappa shape index (κ2) is 9.59. The summed E-state index contributed by atoms with van der Waals surface area (Å²) in [6.45, 7) is 4.65. The molecule has 2 fully saturated rings. The predicted molar refractivity (Wildman–Crippen MR) is 132 cm³/mol. The first kappa shape index (κ1) is 21.9. The van der Waals surface area contributed by atoms with Crippen LogP contribution < -0.4 is 5.32 Å². The lowest BCUT2D eigenvalue weighted by Gasteiger charge is -2.26. The number of nitrogens with one attached hydrogen (secondary N) is 2. The van der Waals surface area contributed by atoms with Crippen molar-refractivity contribution in [1.82, 2.24) is 35.4 Å². The number of carbonyl (C=O) groups excluding carboxylic acids is 1. The summed E-state index contributed by atoms with van der Waals surface area (Å²) in [6, 6.07) is 14.0. The van der Waals surface area contributed by atoms with Crippen molar-refractivity contribution in [3.8, 4) is 17.1 Å². The molecule has 9 heteroatoms. The first-order valence-electron chi connectivity index (χ1n) is 12.3. The SMILES string of the molecule is O=C(c1ccc(-n2cc(-c3n[nH]c4ccc(CC5CCNCC5)cc34)nn2)cc1)N1CCOCC1. The maximum absolute atomic E-state index is 12.7. The van der Waals surface area contributed by atoms with Gasteiger partial charge in [0.25, 0.3) is 5.91 Å². The van der Waals surface area contributed by atoms with E-state index in [9.17, 15) is 4.79 Å². The minimum absolute atomic E-state index is 0.0300. The number of fused-ring (bicyclic) bond motifs is 1. The number of aromatic amines is 1. The van der Waals surface area contributed by atoms with Crippen molar-refractivity contribution >= 4 is 16.8 Å². The highest BCUT2D eigenvalue weighted by molar-refractivity contribution is 5.94. The van der Waals surface area contributed by atoms with Crippen LogP contribution in [-0.4, -0.2) is 75.4 Å². The summed E-state index contributed by atoms with van der Waals surface area (Å²) in [5.74, 6) is 0.755. The minimum Gasteiger partial charge on any atom is -0.378 e. The van der Waals surface area contributed by atoms with E-state index in [4.69, 9.17) is 4.74 Å². The summed E-state index contributed by atoms with van der Waals surface area (Å²) < 4.78 is 7.06. The Morgan fingerprint density at radius 2 is 1.86 bits per heavy atom. The molecule has 2 aromatic heterocycles. The van der Waals surface area contributed by atoms with Crippen molar-refractivity contribution in [2.45, 2.75) is 19.3 Å². The molecule has 0 spiro atoms. The summed E-state index contributed by atoms with van der Waals surface area (Å²) in [5.41, 5.74) is 5.35. The first-order valence-corrected chi connectivity index (χ1v) is 12.3. The number of morpholine rings is 1. The van der Waals surface area contributed by atoms with Gasteiger partial charge in [0.15, 0.2) is 0 Å². The zero-order valence-corrected chi connectivity index (χ0v) is 19.6.